The van der Waals surface area contributed by atoms with Crippen LogP contribution >= 0.6 is 0 Å². The predicted molar refractivity (Wildman–Crippen MR) is 123 cm³/mol. The Morgan fingerprint density at radius 3 is 2.38 bits per heavy atom. The van der Waals surface area contributed by atoms with Gasteiger partial charge in [-0.3, -0.25) is 18.9 Å². The van der Waals surface area contributed by atoms with Crippen molar-refractivity contribution in [3.63, 3.8) is 0 Å². The molecule has 0 unspecified atom stereocenters. The van der Waals surface area contributed by atoms with Gasteiger partial charge in [0.25, 0.3) is 0 Å². The summed E-state index contributed by atoms with van der Waals surface area (Å²) >= 11 is 0. The molecule has 2 aromatic heterocycles. The molecule has 2 aromatic carbocycles. The van der Waals surface area contributed by atoms with Crippen molar-refractivity contribution in [2.75, 3.05) is 0 Å². The van der Waals surface area contributed by atoms with Crippen LogP contribution in [0.5, 0.6) is 5.75 Å². The molecule has 0 aliphatic heterocycles. The summed E-state index contributed by atoms with van der Waals surface area (Å²) < 4.78 is 9.13. The number of imidazole rings is 1. The third kappa shape index (κ3) is 4.88. The first-order chi connectivity index (χ1) is 15.7. The molecule has 7 heteroatoms. The largest absolute Gasteiger partial charge is 0.487 e. The van der Waals surface area contributed by atoms with Gasteiger partial charge in [-0.05, 0) is 48.9 Å². The van der Waals surface area contributed by atoms with E-state index in [4.69, 9.17) is 4.74 Å². The first kappa shape index (κ1) is 21.4. The van der Waals surface area contributed by atoms with E-state index in [1.54, 1.807) is 15.3 Å². The van der Waals surface area contributed by atoms with Gasteiger partial charge in [0.15, 0.2) is 0 Å². The molecule has 0 aliphatic rings. The number of benzene rings is 2. The van der Waals surface area contributed by atoms with Crippen LogP contribution in [-0.4, -0.2) is 20.0 Å². The summed E-state index contributed by atoms with van der Waals surface area (Å²) in [5.41, 5.74) is 3.51. The molecule has 0 fully saturated rings. The van der Waals surface area contributed by atoms with Crippen LogP contribution in [0.2, 0.25) is 0 Å². The lowest BCUT2D eigenvalue weighted by Crippen LogP contribution is -2.28. The van der Waals surface area contributed by atoms with Crippen LogP contribution < -0.4 is 15.7 Å². The molecule has 4 rings (SSSR count). The van der Waals surface area contributed by atoms with Crippen molar-refractivity contribution < 1.29 is 9.53 Å². The third-order valence-electron chi connectivity index (χ3n) is 5.33. The molecule has 0 atom stereocenters. The molecule has 0 saturated carbocycles. The minimum atomic E-state index is -0.0966. The van der Waals surface area contributed by atoms with Crippen LogP contribution in [0.4, 0.5) is 0 Å². The van der Waals surface area contributed by atoms with Gasteiger partial charge in [0, 0.05) is 32.3 Å². The fraction of sp³-hybridized carbons (Fsp3) is 0.240. The highest BCUT2D eigenvalue weighted by Gasteiger charge is 2.12. The quantitative estimate of drug-likeness (QED) is 0.441. The number of amides is 1. The highest BCUT2D eigenvalue weighted by molar-refractivity contribution is 5.78. The lowest BCUT2D eigenvalue weighted by Gasteiger charge is -2.08. The van der Waals surface area contributed by atoms with Crippen molar-refractivity contribution in [3.8, 4) is 5.75 Å². The van der Waals surface area contributed by atoms with E-state index in [2.05, 4.69) is 10.3 Å². The number of ether oxygens (including phenoxy) is 1. The maximum absolute atomic E-state index is 12.7. The van der Waals surface area contributed by atoms with Gasteiger partial charge >= 0.3 is 5.69 Å². The number of pyridine rings is 1. The second kappa shape index (κ2) is 9.96. The van der Waals surface area contributed by atoms with Crippen LogP contribution in [0.1, 0.15) is 24.6 Å². The lowest BCUT2D eigenvalue weighted by molar-refractivity contribution is -0.121. The maximum atomic E-state index is 12.7. The first-order valence-corrected chi connectivity index (χ1v) is 10.7. The normalized spacial score (nSPS) is 10.9. The van der Waals surface area contributed by atoms with Gasteiger partial charge in [-0.15, -0.1) is 0 Å². The Balaban J connectivity index is 1.29. The number of aromatic nitrogens is 3. The highest BCUT2D eigenvalue weighted by atomic mass is 16.5. The zero-order valence-electron chi connectivity index (χ0n) is 18.0. The topological polar surface area (TPSA) is 78.2 Å². The van der Waals surface area contributed by atoms with Crippen molar-refractivity contribution >= 4 is 16.9 Å². The number of fused-ring (bicyclic) bond motifs is 1. The molecule has 7 nitrogen and oxygen atoms in total. The van der Waals surface area contributed by atoms with E-state index in [0.717, 1.165) is 28.0 Å². The summed E-state index contributed by atoms with van der Waals surface area (Å²) in [6, 6.07) is 21.0. The van der Waals surface area contributed by atoms with Crippen LogP contribution in [0.15, 0.2) is 77.7 Å². The molecule has 1 amide bonds. The Morgan fingerprint density at radius 1 is 0.969 bits per heavy atom. The summed E-state index contributed by atoms with van der Waals surface area (Å²) in [7, 11) is 0. The molecule has 0 radical (unpaired) electrons. The van der Waals surface area contributed by atoms with E-state index in [9.17, 15) is 9.59 Å². The number of carbonyl (C=O) groups excluding carboxylic acids is 1. The van der Waals surface area contributed by atoms with Gasteiger partial charge in [0.05, 0.1) is 16.7 Å². The lowest BCUT2D eigenvalue weighted by atomic mass is 10.2. The number of carbonyl (C=O) groups is 1. The SMILES string of the molecule is CCn1c(=O)n(CCC(=O)NCc2ccc(OCc3ccccn3)cc2)c2ccccc21. The van der Waals surface area contributed by atoms with Gasteiger partial charge in [0.1, 0.15) is 12.4 Å². The monoisotopic (exact) mass is 430 g/mol. The summed E-state index contributed by atoms with van der Waals surface area (Å²) in [5.74, 6) is 0.651. The molecule has 164 valence electrons. The smallest absolute Gasteiger partial charge is 0.329 e. The number of hydrogen-bond acceptors (Lipinski definition) is 4. The number of aryl methyl sites for hydroxylation is 2. The molecule has 1 N–H and O–H groups in total. The van der Waals surface area contributed by atoms with Crippen LogP contribution in [0.3, 0.4) is 0 Å². The minimum absolute atomic E-state index is 0.0807. The molecule has 0 bridgehead atoms. The van der Waals surface area contributed by atoms with Gasteiger partial charge in [-0.25, -0.2) is 4.79 Å². The Bertz CT molecular complexity index is 1240. The van der Waals surface area contributed by atoms with Gasteiger partial charge in [0.2, 0.25) is 5.91 Å². The number of rotatable bonds is 9. The van der Waals surface area contributed by atoms with Gasteiger partial charge in [-0.2, -0.15) is 0 Å². The predicted octanol–water partition coefficient (Wildman–Crippen LogP) is 3.50. The molecule has 4 aromatic rings. The van der Waals surface area contributed by atoms with Crippen LogP contribution in [0.25, 0.3) is 11.0 Å². The Morgan fingerprint density at radius 2 is 1.69 bits per heavy atom. The van der Waals surface area contributed by atoms with E-state index in [-0.39, 0.29) is 18.0 Å². The van der Waals surface area contributed by atoms with Crippen molar-refractivity contribution in [1.29, 1.82) is 0 Å². The highest BCUT2D eigenvalue weighted by Crippen LogP contribution is 2.15. The average molecular weight is 431 g/mol. The fourth-order valence-electron chi connectivity index (χ4n) is 3.64. The van der Waals surface area contributed by atoms with E-state index in [1.165, 1.54) is 0 Å². The molecule has 0 spiro atoms. The summed E-state index contributed by atoms with van der Waals surface area (Å²) in [6.07, 6.45) is 1.98. The summed E-state index contributed by atoms with van der Waals surface area (Å²) in [6.45, 7) is 3.72. The van der Waals surface area contributed by atoms with Crippen LogP contribution in [-0.2, 0) is 31.0 Å². The number of para-hydroxylation sites is 2. The number of nitrogens with zero attached hydrogens (tertiary/aromatic N) is 3. The van der Waals surface area contributed by atoms with E-state index < -0.39 is 0 Å². The molecule has 32 heavy (non-hydrogen) atoms. The van der Waals surface area contributed by atoms with Crippen molar-refractivity contribution in [3.05, 3.63) is 94.7 Å². The fourth-order valence-corrected chi connectivity index (χ4v) is 3.64. The zero-order valence-corrected chi connectivity index (χ0v) is 18.0. The second-order valence-corrected chi connectivity index (χ2v) is 7.45. The Kier molecular flexibility index (Phi) is 6.65. The van der Waals surface area contributed by atoms with E-state index in [1.807, 2.05) is 73.7 Å². The minimum Gasteiger partial charge on any atom is -0.487 e. The Labute approximate surface area is 186 Å². The van der Waals surface area contributed by atoms with Crippen molar-refractivity contribution in [1.82, 2.24) is 19.4 Å². The molecular formula is C25H26N4O3. The third-order valence-corrected chi connectivity index (χ3v) is 5.33. The second-order valence-electron chi connectivity index (χ2n) is 7.45. The molecule has 2 heterocycles. The van der Waals surface area contributed by atoms with E-state index in [0.29, 0.717) is 26.2 Å². The number of hydrogen-bond donors (Lipinski definition) is 1. The standard InChI is InChI=1S/C25H26N4O3/c1-2-28-22-8-3-4-9-23(22)29(25(28)31)16-14-24(30)27-17-19-10-12-21(13-11-19)32-18-20-7-5-6-15-26-20/h3-13,15H,2,14,16-18H2,1H3,(H,27,30). The first-order valence-electron chi connectivity index (χ1n) is 10.7. The van der Waals surface area contributed by atoms with Crippen molar-refractivity contribution in [2.24, 2.45) is 0 Å². The molecule has 0 saturated heterocycles. The van der Waals surface area contributed by atoms with Gasteiger partial charge < -0.3 is 10.1 Å². The molecule has 0 aliphatic carbocycles. The Hall–Kier alpha value is -3.87. The molecular weight excluding hydrogens is 404 g/mol. The van der Waals surface area contributed by atoms with Crippen molar-refractivity contribution in [2.45, 2.75) is 39.6 Å². The van der Waals surface area contributed by atoms with E-state index >= 15 is 0 Å². The number of nitrogens with one attached hydrogen (secondary N) is 1. The summed E-state index contributed by atoms with van der Waals surface area (Å²) in [5, 5.41) is 2.92. The van der Waals surface area contributed by atoms with Gasteiger partial charge in [-0.1, -0.05) is 30.3 Å². The maximum Gasteiger partial charge on any atom is 0.329 e. The van der Waals surface area contributed by atoms with Crippen LogP contribution in [0, 0.1) is 0 Å². The summed E-state index contributed by atoms with van der Waals surface area (Å²) in [4.78, 5) is 29.3. The average Bonchev–Trinajstić information content (AvgIpc) is 3.11. The zero-order chi connectivity index (χ0) is 22.3.